The minimum absolute atomic E-state index is 0.231. The average Bonchev–Trinajstić information content (AvgIpc) is 3.24. The van der Waals surface area contributed by atoms with Crippen molar-refractivity contribution < 1.29 is 22.9 Å². The van der Waals surface area contributed by atoms with Crippen molar-refractivity contribution in [2.24, 2.45) is 0 Å². The molecule has 0 saturated carbocycles. The van der Waals surface area contributed by atoms with Crippen LogP contribution in [-0.2, 0) is 4.79 Å². The number of aromatic nitrogens is 3. The SMILES string of the molecule is O=C(CSc1nnc(-c2ccc(F)cc2)n1-c1ccc(F)cc1)Nc1cc([N+](=O)[O-])ccc1F. The Balaban J connectivity index is 1.59. The van der Waals surface area contributed by atoms with Crippen molar-refractivity contribution in [2.45, 2.75) is 5.16 Å². The fourth-order valence-electron chi connectivity index (χ4n) is 3.01. The number of nitro benzene ring substituents is 1. The highest BCUT2D eigenvalue weighted by Crippen LogP contribution is 2.29. The molecule has 8 nitrogen and oxygen atoms in total. The van der Waals surface area contributed by atoms with E-state index < -0.39 is 28.3 Å². The van der Waals surface area contributed by atoms with Gasteiger partial charge in [-0.3, -0.25) is 19.5 Å². The molecule has 4 aromatic rings. The van der Waals surface area contributed by atoms with Gasteiger partial charge in [-0.05, 0) is 54.6 Å². The van der Waals surface area contributed by atoms with Crippen LogP contribution in [0.5, 0.6) is 0 Å². The van der Waals surface area contributed by atoms with E-state index in [1.165, 1.54) is 48.5 Å². The van der Waals surface area contributed by atoms with Gasteiger partial charge in [0.05, 0.1) is 16.4 Å². The number of hydrogen-bond acceptors (Lipinski definition) is 6. The van der Waals surface area contributed by atoms with Crippen molar-refractivity contribution in [2.75, 3.05) is 11.1 Å². The number of benzene rings is 3. The first-order chi connectivity index (χ1) is 16.3. The number of nitrogens with one attached hydrogen (secondary N) is 1. The van der Waals surface area contributed by atoms with Gasteiger partial charge in [-0.1, -0.05) is 11.8 Å². The molecule has 1 aromatic heterocycles. The molecule has 1 amide bonds. The lowest BCUT2D eigenvalue weighted by molar-refractivity contribution is -0.384. The highest BCUT2D eigenvalue weighted by atomic mass is 32.2. The number of anilines is 1. The Morgan fingerprint density at radius 3 is 2.26 bits per heavy atom. The molecule has 3 aromatic carbocycles. The lowest BCUT2D eigenvalue weighted by atomic mass is 10.2. The molecule has 0 aliphatic heterocycles. The molecule has 0 fully saturated rings. The molecule has 0 radical (unpaired) electrons. The number of carbonyl (C=O) groups excluding carboxylic acids is 1. The number of halogens is 3. The van der Waals surface area contributed by atoms with Gasteiger partial charge in [0.1, 0.15) is 17.5 Å². The van der Waals surface area contributed by atoms with Gasteiger partial charge in [0.25, 0.3) is 5.69 Å². The standard InChI is InChI=1S/C22H14F3N5O3S/c23-14-3-1-13(2-4-14)21-27-28-22(29(21)16-7-5-15(24)6-8-16)34-12-20(31)26-19-11-17(30(32)33)9-10-18(19)25/h1-11H,12H2,(H,26,31). The van der Waals surface area contributed by atoms with Crippen molar-refractivity contribution in [1.82, 2.24) is 14.8 Å². The normalized spacial score (nSPS) is 10.8. The number of nitrogens with zero attached hydrogens (tertiary/aromatic N) is 4. The second-order valence-electron chi connectivity index (χ2n) is 6.88. The Morgan fingerprint density at radius 2 is 1.62 bits per heavy atom. The Kier molecular flexibility index (Phi) is 6.59. The minimum Gasteiger partial charge on any atom is -0.323 e. The zero-order chi connectivity index (χ0) is 24.2. The Hall–Kier alpha value is -4.19. The van der Waals surface area contributed by atoms with E-state index in [9.17, 15) is 28.1 Å². The molecule has 4 rings (SSSR count). The lowest BCUT2D eigenvalue weighted by Crippen LogP contribution is -2.15. The van der Waals surface area contributed by atoms with Gasteiger partial charge in [0, 0.05) is 23.4 Å². The smallest absolute Gasteiger partial charge is 0.271 e. The number of carbonyl (C=O) groups is 1. The third-order valence-corrected chi connectivity index (χ3v) is 5.52. The summed E-state index contributed by atoms with van der Waals surface area (Å²) in [6.45, 7) is 0. The van der Waals surface area contributed by atoms with Crippen LogP contribution in [0.3, 0.4) is 0 Å². The second kappa shape index (κ2) is 9.75. The van der Waals surface area contributed by atoms with Gasteiger partial charge < -0.3 is 5.32 Å². The molecule has 1 N–H and O–H groups in total. The summed E-state index contributed by atoms with van der Waals surface area (Å²) in [7, 11) is 0. The van der Waals surface area contributed by atoms with Gasteiger partial charge in [0.15, 0.2) is 11.0 Å². The highest BCUT2D eigenvalue weighted by Gasteiger charge is 2.19. The van der Waals surface area contributed by atoms with E-state index in [1.54, 1.807) is 4.57 Å². The number of nitro groups is 1. The topological polar surface area (TPSA) is 103 Å². The zero-order valence-corrected chi connectivity index (χ0v) is 17.9. The fraction of sp³-hybridized carbons (Fsp3) is 0.0455. The van der Waals surface area contributed by atoms with Crippen molar-refractivity contribution in [1.29, 1.82) is 0 Å². The summed E-state index contributed by atoms with van der Waals surface area (Å²) in [5, 5.41) is 21.7. The molecule has 0 saturated heterocycles. The third kappa shape index (κ3) is 5.07. The first-order valence-electron chi connectivity index (χ1n) is 9.65. The van der Waals surface area contributed by atoms with E-state index in [1.807, 2.05) is 0 Å². The minimum atomic E-state index is -0.822. The van der Waals surface area contributed by atoms with Crippen LogP contribution in [0.25, 0.3) is 17.1 Å². The number of hydrogen-bond donors (Lipinski definition) is 1. The zero-order valence-electron chi connectivity index (χ0n) is 17.1. The van der Waals surface area contributed by atoms with Crippen LogP contribution in [0.2, 0.25) is 0 Å². The third-order valence-electron chi connectivity index (χ3n) is 4.59. The van der Waals surface area contributed by atoms with Crippen LogP contribution in [0.4, 0.5) is 24.5 Å². The molecule has 0 aliphatic rings. The van der Waals surface area contributed by atoms with Crippen LogP contribution in [0, 0.1) is 27.6 Å². The number of amides is 1. The molecule has 0 atom stereocenters. The Bertz CT molecular complexity index is 1360. The molecule has 34 heavy (non-hydrogen) atoms. The molecule has 12 heteroatoms. The molecular formula is C22H14F3N5O3S. The van der Waals surface area contributed by atoms with Gasteiger partial charge in [0.2, 0.25) is 5.91 Å². The molecule has 1 heterocycles. The van der Waals surface area contributed by atoms with Crippen LogP contribution in [0.15, 0.2) is 71.9 Å². The molecule has 0 aliphatic carbocycles. The van der Waals surface area contributed by atoms with Crippen LogP contribution in [0.1, 0.15) is 0 Å². The van der Waals surface area contributed by atoms with E-state index in [2.05, 4.69) is 15.5 Å². The van der Waals surface area contributed by atoms with Gasteiger partial charge in [-0.25, -0.2) is 13.2 Å². The van der Waals surface area contributed by atoms with E-state index in [4.69, 9.17) is 0 Å². The Labute approximate surface area is 194 Å². The van der Waals surface area contributed by atoms with Gasteiger partial charge in [-0.2, -0.15) is 0 Å². The molecule has 0 bridgehead atoms. The van der Waals surface area contributed by atoms with Gasteiger partial charge in [-0.15, -0.1) is 10.2 Å². The lowest BCUT2D eigenvalue weighted by Gasteiger charge is -2.11. The fourth-order valence-corrected chi connectivity index (χ4v) is 3.76. The van der Waals surface area contributed by atoms with Crippen molar-refractivity contribution >= 4 is 29.0 Å². The van der Waals surface area contributed by atoms with Crippen LogP contribution < -0.4 is 5.32 Å². The second-order valence-corrected chi connectivity index (χ2v) is 7.83. The summed E-state index contributed by atoms with van der Waals surface area (Å²) in [5.74, 6) is -2.24. The van der Waals surface area contributed by atoms with Crippen molar-refractivity contribution in [3.8, 4) is 17.1 Å². The molecule has 0 spiro atoms. The monoisotopic (exact) mass is 485 g/mol. The average molecular weight is 485 g/mol. The molecule has 0 unspecified atom stereocenters. The van der Waals surface area contributed by atoms with Crippen molar-refractivity contribution in [3.63, 3.8) is 0 Å². The maximum Gasteiger partial charge on any atom is 0.271 e. The maximum absolute atomic E-state index is 14.0. The summed E-state index contributed by atoms with van der Waals surface area (Å²) < 4.78 is 42.4. The largest absolute Gasteiger partial charge is 0.323 e. The summed E-state index contributed by atoms with van der Waals surface area (Å²) in [6.07, 6.45) is 0. The molecular weight excluding hydrogens is 471 g/mol. The van der Waals surface area contributed by atoms with Crippen molar-refractivity contribution in [3.05, 3.63) is 94.3 Å². The summed E-state index contributed by atoms with van der Waals surface area (Å²) in [6, 6.07) is 13.8. The van der Waals surface area contributed by atoms with Gasteiger partial charge >= 0.3 is 0 Å². The summed E-state index contributed by atoms with van der Waals surface area (Å²) in [5.41, 5.74) is 0.336. The number of thioether (sulfide) groups is 1. The summed E-state index contributed by atoms with van der Waals surface area (Å²) >= 11 is 0.962. The predicted molar refractivity (Wildman–Crippen MR) is 119 cm³/mol. The predicted octanol–water partition coefficient (Wildman–Crippen LogP) is 4.99. The molecule has 172 valence electrons. The Morgan fingerprint density at radius 1 is 0.971 bits per heavy atom. The number of rotatable bonds is 7. The van der Waals surface area contributed by atoms with E-state index in [-0.39, 0.29) is 22.3 Å². The first kappa shape index (κ1) is 23.0. The van der Waals surface area contributed by atoms with Crippen LogP contribution >= 0.6 is 11.8 Å². The maximum atomic E-state index is 14.0. The van der Waals surface area contributed by atoms with E-state index in [0.29, 0.717) is 17.1 Å². The first-order valence-corrected chi connectivity index (χ1v) is 10.6. The van der Waals surface area contributed by atoms with Crippen LogP contribution in [-0.4, -0.2) is 31.3 Å². The number of non-ortho nitro benzene ring substituents is 1. The highest BCUT2D eigenvalue weighted by molar-refractivity contribution is 7.99. The quantitative estimate of drug-likeness (QED) is 0.225. The summed E-state index contributed by atoms with van der Waals surface area (Å²) in [4.78, 5) is 22.6. The van der Waals surface area contributed by atoms with E-state index >= 15 is 0 Å². The van der Waals surface area contributed by atoms with E-state index in [0.717, 1.165) is 30.0 Å².